The van der Waals surface area contributed by atoms with Crippen molar-refractivity contribution in [3.63, 3.8) is 0 Å². The molecule has 0 spiro atoms. The molecule has 2 aromatic rings. The quantitative estimate of drug-likeness (QED) is 0.533. The van der Waals surface area contributed by atoms with E-state index in [1.54, 1.807) is 31.5 Å². The van der Waals surface area contributed by atoms with Crippen molar-refractivity contribution in [3.05, 3.63) is 46.6 Å². The van der Waals surface area contributed by atoms with E-state index in [1.165, 1.54) is 0 Å². The van der Waals surface area contributed by atoms with E-state index in [-0.39, 0.29) is 24.0 Å². The second kappa shape index (κ2) is 9.98. The number of anilines is 1. The Morgan fingerprint density at radius 3 is 2.67 bits per heavy atom. The van der Waals surface area contributed by atoms with Crippen LogP contribution in [0.3, 0.4) is 0 Å². The summed E-state index contributed by atoms with van der Waals surface area (Å²) < 4.78 is 0. The lowest BCUT2D eigenvalue weighted by atomic mass is 9.90. The number of hydrogen-bond donors (Lipinski definition) is 1. The van der Waals surface area contributed by atoms with Gasteiger partial charge in [0, 0.05) is 48.9 Å². The van der Waals surface area contributed by atoms with Crippen molar-refractivity contribution in [1.82, 2.24) is 19.9 Å². The summed E-state index contributed by atoms with van der Waals surface area (Å²) in [5, 5.41) is 0.430. The van der Waals surface area contributed by atoms with Crippen LogP contribution < -0.4 is 5.73 Å². The van der Waals surface area contributed by atoms with Crippen LogP contribution in [0.1, 0.15) is 54.4 Å². The standard InChI is InChI=1S/C22H28ClN5O2/c1-14(12-19(29)17-4-3-9-25-13-17)22(30)28-10-7-16(8-11-28)5-6-18-20(23)26-15(2)27-21(18)24/h3-4,9,13-14,16H,5-8,10-12H2,1-2H3,(H2,24,26,27)/t14-/m1/s1. The summed E-state index contributed by atoms with van der Waals surface area (Å²) in [7, 11) is 0. The smallest absolute Gasteiger partial charge is 0.225 e. The third-order valence-corrected chi connectivity index (χ3v) is 6.04. The van der Waals surface area contributed by atoms with Crippen LogP contribution in [0.4, 0.5) is 5.82 Å². The molecule has 0 saturated carbocycles. The maximum atomic E-state index is 12.8. The second-order valence-electron chi connectivity index (χ2n) is 8.00. The summed E-state index contributed by atoms with van der Waals surface area (Å²) in [5.41, 5.74) is 7.35. The van der Waals surface area contributed by atoms with E-state index in [9.17, 15) is 9.59 Å². The highest BCUT2D eigenvalue weighted by Gasteiger charge is 2.27. The van der Waals surface area contributed by atoms with Crippen molar-refractivity contribution < 1.29 is 9.59 Å². The number of pyridine rings is 1. The van der Waals surface area contributed by atoms with Crippen LogP contribution in [-0.4, -0.2) is 44.6 Å². The van der Waals surface area contributed by atoms with E-state index in [2.05, 4.69) is 15.0 Å². The number of nitrogens with two attached hydrogens (primary N) is 1. The fourth-order valence-corrected chi connectivity index (χ4v) is 4.24. The topological polar surface area (TPSA) is 102 Å². The van der Waals surface area contributed by atoms with Crippen LogP contribution in [-0.2, 0) is 11.2 Å². The Bertz CT molecular complexity index is 875. The molecular weight excluding hydrogens is 402 g/mol. The molecule has 1 amide bonds. The number of ketones is 1. The van der Waals surface area contributed by atoms with Gasteiger partial charge in [-0.05, 0) is 50.7 Å². The lowest BCUT2D eigenvalue weighted by molar-refractivity contribution is -0.136. The minimum atomic E-state index is -0.336. The van der Waals surface area contributed by atoms with Crippen molar-refractivity contribution in [2.45, 2.75) is 46.0 Å². The Kier molecular flexibility index (Phi) is 7.37. The molecule has 0 aliphatic carbocycles. The average Bonchev–Trinajstić information content (AvgIpc) is 2.73. The molecule has 1 fully saturated rings. The van der Waals surface area contributed by atoms with Gasteiger partial charge in [0.15, 0.2) is 5.78 Å². The number of likely N-dealkylation sites (tertiary alicyclic amines) is 1. The fraction of sp³-hybridized carbons (Fsp3) is 0.500. The molecule has 1 saturated heterocycles. The summed E-state index contributed by atoms with van der Waals surface area (Å²) in [4.78, 5) is 39.4. The zero-order valence-corrected chi connectivity index (χ0v) is 18.2. The van der Waals surface area contributed by atoms with Gasteiger partial charge in [-0.1, -0.05) is 18.5 Å². The maximum absolute atomic E-state index is 12.8. The Morgan fingerprint density at radius 2 is 2.03 bits per heavy atom. The molecule has 160 valence electrons. The summed E-state index contributed by atoms with van der Waals surface area (Å²) in [5.74, 6) is 1.19. The van der Waals surface area contributed by atoms with E-state index in [0.717, 1.165) is 31.2 Å². The molecule has 3 rings (SSSR count). The monoisotopic (exact) mass is 429 g/mol. The Labute approximate surface area is 182 Å². The van der Waals surface area contributed by atoms with Gasteiger partial charge in [-0.15, -0.1) is 0 Å². The third-order valence-electron chi connectivity index (χ3n) is 5.73. The number of halogens is 1. The zero-order valence-electron chi connectivity index (χ0n) is 17.5. The Balaban J connectivity index is 1.47. The molecule has 0 bridgehead atoms. The van der Waals surface area contributed by atoms with Gasteiger partial charge in [0.1, 0.15) is 16.8 Å². The van der Waals surface area contributed by atoms with Gasteiger partial charge in [0.2, 0.25) is 5.91 Å². The van der Waals surface area contributed by atoms with Gasteiger partial charge in [0.05, 0.1) is 0 Å². The average molecular weight is 430 g/mol. The number of carbonyl (C=O) groups excluding carboxylic acids is 2. The van der Waals surface area contributed by atoms with E-state index < -0.39 is 0 Å². The van der Waals surface area contributed by atoms with Crippen LogP contribution in [0.15, 0.2) is 24.5 Å². The molecule has 0 radical (unpaired) electrons. The number of Topliss-reactive ketones (excluding diaryl/α,β-unsaturated/α-hetero) is 1. The molecule has 3 heterocycles. The van der Waals surface area contributed by atoms with E-state index in [1.807, 2.05) is 11.8 Å². The van der Waals surface area contributed by atoms with Crippen molar-refractivity contribution in [1.29, 1.82) is 0 Å². The summed E-state index contributed by atoms with van der Waals surface area (Å²) in [6, 6.07) is 3.46. The number of nitrogens with zero attached hydrogens (tertiary/aromatic N) is 4. The molecule has 8 heteroatoms. The SMILES string of the molecule is Cc1nc(N)c(CCC2CCN(C(=O)[C@H](C)CC(=O)c3cccnc3)CC2)c(Cl)n1. The molecule has 1 aliphatic rings. The van der Waals surface area contributed by atoms with Gasteiger partial charge < -0.3 is 10.6 Å². The normalized spacial score (nSPS) is 15.8. The number of nitrogen functional groups attached to an aromatic ring is 1. The third kappa shape index (κ3) is 5.53. The first-order valence-corrected chi connectivity index (χ1v) is 10.7. The molecule has 2 aromatic heterocycles. The molecule has 7 nitrogen and oxygen atoms in total. The summed E-state index contributed by atoms with van der Waals surface area (Å²) >= 11 is 6.22. The minimum absolute atomic E-state index is 0.0462. The lowest BCUT2D eigenvalue weighted by Gasteiger charge is -2.33. The highest BCUT2D eigenvalue weighted by molar-refractivity contribution is 6.30. The predicted octanol–water partition coefficient (Wildman–Crippen LogP) is 3.50. The number of hydrogen-bond acceptors (Lipinski definition) is 6. The van der Waals surface area contributed by atoms with Gasteiger partial charge in [0.25, 0.3) is 0 Å². The molecule has 0 aromatic carbocycles. The molecular formula is C22H28ClN5O2. The predicted molar refractivity (Wildman–Crippen MR) is 116 cm³/mol. The molecule has 1 aliphatic heterocycles. The second-order valence-corrected chi connectivity index (χ2v) is 8.36. The van der Waals surface area contributed by atoms with Gasteiger partial charge >= 0.3 is 0 Å². The van der Waals surface area contributed by atoms with Crippen molar-refractivity contribution in [2.75, 3.05) is 18.8 Å². The summed E-state index contributed by atoms with van der Waals surface area (Å²) in [6.07, 6.45) is 6.91. The molecule has 1 atom stereocenters. The number of aromatic nitrogens is 3. The van der Waals surface area contributed by atoms with Crippen LogP contribution in [0.5, 0.6) is 0 Å². The van der Waals surface area contributed by atoms with E-state index in [0.29, 0.717) is 41.4 Å². The van der Waals surface area contributed by atoms with Gasteiger partial charge in [-0.3, -0.25) is 14.6 Å². The Morgan fingerprint density at radius 1 is 1.30 bits per heavy atom. The molecule has 2 N–H and O–H groups in total. The number of piperidine rings is 1. The van der Waals surface area contributed by atoms with E-state index >= 15 is 0 Å². The lowest BCUT2D eigenvalue weighted by Crippen LogP contribution is -2.41. The zero-order chi connectivity index (χ0) is 21.7. The summed E-state index contributed by atoms with van der Waals surface area (Å²) in [6.45, 7) is 5.01. The van der Waals surface area contributed by atoms with Crippen molar-refractivity contribution in [2.24, 2.45) is 11.8 Å². The number of aryl methyl sites for hydroxylation is 1. The van der Waals surface area contributed by atoms with E-state index in [4.69, 9.17) is 17.3 Å². The first-order chi connectivity index (χ1) is 14.3. The number of rotatable bonds is 7. The number of carbonyl (C=O) groups is 2. The van der Waals surface area contributed by atoms with Crippen LogP contribution in [0, 0.1) is 18.8 Å². The van der Waals surface area contributed by atoms with Crippen molar-refractivity contribution in [3.8, 4) is 0 Å². The highest BCUT2D eigenvalue weighted by atomic mass is 35.5. The van der Waals surface area contributed by atoms with Gasteiger partial charge in [-0.2, -0.15) is 0 Å². The van der Waals surface area contributed by atoms with Crippen LogP contribution >= 0.6 is 11.6 Å². The first kappa shape index (κ1) is 22.2. The highest BCUT2D eigenvalue weighted by Crippen LogP contribution is 2.27. The van der Waals surface area contributed by atoms with Gasteiger partial charge in [-0.25, -0.2) is 9.97 Å². The maximum Gasteiger partial charge on any atom is 0.225 e. The van der Waals surface area contributed by atoms with Crippen LogP contribution in [0.25, 0.3) is 0 Å². The van der Waals surface area contributed by atoms with Crippen LogP contribution in [0.2, 0.25) is 5.15 Å². The molecule has 30 heavy (non-hydrogen) atoms. The number of amides is 1. The Hall–Kier alpha value is -2.54. The van der Waals surface area contributed by atoms with Crippen molar-refractivity contribution >= 4 is 29.1 Å². The molecule has 0 unspecified atom stereocenters. The fourth-order valence-electron chi connectivity index (χ4n) is 3.93. The minimum Gasteiger partial charge on any atom is -0.383 e. The first-order valence-electron chi connectivity index (χ1n) is 10.4. The largest absolute Gasteiger partial charge is 0.383 e.